The van der Waals surface area contributed by atoms with Gasteiger partial charge in [-0.15, -0.1) is 10.2 Å². The first kappa shape index (κ1) is 9.32. The molecule has 6 heteroatoms. The van der Waals surface area contributed by atoms with Crippen LogP contribution in [-0.2, 0) is 0 Å². The van der Waals surface area contributed by atoms with E-state index in [2.05, 4.69) is 20.6 Å². The molecule has 0 saturated carbocycles. The van der Waals surface area contributed by atoms with Gasteiger partial charge in [0.05, 0.1) is 5.56 Å². The molecule has 0 aliphatic rings. The molecule has 0 fully saturated rings. The molecule has 0 aliphatic carbocycles. The largest absolute Gasteiger partial charge is 0.366 e. The first-order valence-corrected chi connectivity index (χ1v) is 4.33. The summed E-state index contributed by atoms with van der Waals surface area (Å²) in [6.07, 6.45) is 0. The zero-order chi connectivity index (χ0) is 10.8. The van der Waals surface area contributed by atoms with E-state index in [1.807, 2.05) is 13.0 Å². The van der Waals surface area contributed by atoms with Crippen molar-refractivity contribution in [1.82, 2.24) is 20.6 Å². The topological polar surface area (TPSA) is 97.5 Å². The molecular weight excluding hydrogens is 194 g/mol. The number of carbonyl (C=O) groups excluding carboxylic acids is 1. The van der Waals surface area contributed by atoms with Gasteiger partial charge in [-0.3, -0.25) is 4.79 Å². The number of hydrogen-bond donors (Lipinski definition) is 2. The van der Waals surface area contributed by atoms with Crippen molar-refractivity contribution in [2.24, 2.45) is 5.73 Å². The Balaban J connectivity index is 2.68. The molecule has 76 valence electrons. The standard InChI is InChI=1S/C9H9N5O/c1-5-3-2-4-6(8(10)15)7(5)9-11-13-14-12-9/h2-4H,1H3,(H2,10,15)(H,11,12,13,14). The lowest BCUT2D eigenvalue weighted by Crippen LogP contribution is -2.13. The molecule has 0 saturated heterocycles. The van der Waals surface area contributed by atoms with Gasteiger partial charge in [0.25, 0.3) is 0 Å². The molecule has 15 heavy (non-hydrogen) atoms. The molecule has 0 bridgehead atoms. The van der Waals surface area contributed by atoms with Crippen LogP contribution in [0.25, 0.3) is 11.4 Å². The van der Waals surface area contributed by atoms with Crippen molar-refractivity contribution in [3.8, 4) is 11.4 Å². The summed E-state index contributed by atoms with van der Waals surface area (Å²) in [5.41, 5.74) is 7.17. The van der Waals surface area contributed by atoms with Gasteiger partial charge in [-0.2, -0.15) is 5.21 Å². The zero-order valence-electron chi connectivity index (χ0n) is 8.06. The highest BCUT2D eigenvalue weighted by Crippen LogP contribution is 2.22. The van der Waals surface area contributed by atoms with Crippen LogP contribution >= 0.6 is 0 Å². The minimum absolute atomic E-state index is 0.377. The van der Waals surface area contributed by atoms with Gasteiger partial charge >= 0.3 is 0 Å². The van der Waals surface area contributed by atoms with E-state index in [1.165, 1.54) is 0 Å². The van der Waals surface area contributed by atoms with Crippen molar-refractivity contribution in [3.05, 3.63) is 29.3 Å². The second-order valence-electron chi connectivity index (χ2n) is 3.10. The first-order chi connectivity index (χ1) is 7.20. The van der Waals surface area contributed by atoms with Crippen LogP contribution in [0, 0.1) is 6.92 Å². The number of rotatable bonds is 2. The lowest BCUT2D eigenvalue weighted by Gasteiger charge is -2.05. The Kier molecular flexibility index (Phi) is 2.17. The van der Waals surface area contributed by atoms with Crippen LogP contribution in [0.5, 0.6) is 0 Å². The molecule has 1 aromatic heterocycles. The smallest absolute Gasteiger partial charge is 0.249 e. The average Bonchev–Trinajstić information content (AvgIpc) is 2.70. The van der Waals surface area contributed by atoms with Crippen LogP contribution in [0.2, 0.25) is 0 Å². The fourth-order valence-corrected chi connectivity index (χ4v) is 1.44. The number of hydrogen-bond acceptors (Lipinski definition) is 4. The SMILES string of the molecule is Cc1cccc(C(N)=O)c1-c1nn[nH]n1. The van der Waals surface area contributed by atoms with E-state index in [-0.39, 0.29) is 0 Å². The number of primary amides is 1. The molecule has 1 aromatic carbocycles. The van der Waals surface area contributed by atoms with Gasteiger partial charge in [0.2, 0.25) is 11.7 Å². The van der Waals surface area contributed by atoms with Crippen LogP contribution in [0.1, 0.15) is 15.9 Å². The molecule has 0 spiro atoms. The molecule has 0 radical (unpaired) electrons. The monoisotopic (exact) mass is 203 g/mol. The molecule has 3 N–H and O–H groups in total. The first-order valence-electron chi connectivity index (χ1n) is 4.33. The molecular formula is C9H9N5O. The van der Waals surface area contributed by atoms with Crippen molar-refractivity contribution in [1.29, 1.82) is 0 Å². The number of benzene rings is 1. The van der Waals surface area contributed by atoms with Gasteiger partial charge in [-0.1, -0.05) is 12.1 Å². The number of aromatic nitrogens is 4. The Hall–Kier alpha value is -2.24. The Bertz CT molecular complexity index is 491. The molecule has 0 unspecified atom stereocenters. The second-order valence-corrected chi connectivity index (χ2v) is 3.10. The zero-order valence-corrected chi connectivity index (χ0v) is 8.06. The van der Waals surface area contributed by atoms with Crippen molar-refractivity contribution in [3.63, 3.8) is 0 Å². The Labute approximate surface area is 85.5 Å². The summed E-state index contributed by atoms with van der Waals surface area (Å²) in [6, 6.07) is 5.26. The van der Waals surface area contributed by atoms with Crippen molar-refractivity contribution in [2.75, 3.05) is 0 Å². The van der Waals surface area contributed by atoms with Crippen molar-refractivity contribution in [2.45, 2.75) is 6.92 Å². The lowest BCUT2D eigenvalue weighted by molar-refractivity contribution is 0.100. The number of aromatic amines is 1. The summed E-state index contributed by atoms with van der Waals surface area (Å²) in [5.74, 6) is -0.125. The van der Waals surface area contributed by atoms with E-state index < -0.39 is 5.91 Å². The normalized spacial score (nSPS) is 10.2. The maximum atomic E-state index is 11.2. The third-order valence-corrected chi connectivity index (χ3v) is 2.11. The lowest BCUT2D eigenvalue weighted by atomic mass is 10.0. The minimum Gasteiger partial charge on any atom is -0.366 e. The van der Waals surface area contributed by atoms with E-state index in [4.69, 9.17) is 5.73 Å². The number of nitrogens with zero attached hydrogens (tertiary/aromatic N) is 3. The molecule has 2 aromatic rings. The fraction of sp³-hybridized carbons (Fsp3) is 0.111. The molecule has 0 aliphatic heterocycles. The number of nitrogens with one attached hydrogen (secondary N) is 1. The van der Waals surface area contributed by atoms with Gasteiger partial charge in [0, 0.05) is 5.56 Å². The van der Waals surface area contributed by atoms with Gasteiger partial charge in [0.15, 0.2) is 0 Å². The van der Waals surface area contributed by atoms with E-state index in [9.17, 15) is 4.79 Å². The Morgan fingerprint density at radius 3 is 2.87 bits per heavy atom. The number of H-pyrrole nitrogens is 1. The fourth-order valence-electron chi connectivity index (χ4n) is 1.44. The van der Waals surface area contributed by atoms with Crippen LogP contribution in [0.4, 0.5) is 0 Å². The summed E-state index contributed by atoms with van der Waals surface area (Å²) >= 11 is 0. The van der Waals surface area contributed by atoms with Gasteiger partial charge in [0.1, 0.15) is 0 Å². The predicted octanol–water partition coefficient (Wildman–Crippen LogP) is 0.274. The third kappa shape index (κ3) is 1.56. The molecule has 0 atom stereocenters. The Morgan fingerprint density at radius 2 is 2.27 bits per heavy atom. The molecule has 1 amide bonds. The molecule has 6 nitrogen and oxygen atoms in total. The predicted molar refractivity (Wildman–Crippen MR) is 52.9 cm³/mol. The highest BCUT2D eigenvalue weighted by molar-refractivity contribution is 5.99. The van der Waals surface area contributed by atoms with E-state index in [1.54, 1.807) is 12.1 Å². The quantitative estimate of drug-likeness (QED) is 0.732. The highest BCUT2D eigenvalue weighted by atomic mass is 16.1. The van der Waals surface area contributed by atoms with Gasteiger partial charge < -0.3 is 5.73 Å². The van der Waals surface area contributed by atoms with Crippen LogP contribution < -0.4 is 5.73 Å². The van der Waals surface area contributed by atoms with E-state index in [0.717, 1.165) is 5.56 Å². The maximum absolute atomic E-state index is 11.2. The third-order valence-electron chi connectivity index (χ3n) is 2.11. The van der Waals surface area contributed by atoms with Gasteiger partial charge in [-0.05, 0) is 23.8 Å². The van der Waals surface area contributed by atoms with Crippen LogP contribution in [0.3, 0.4) is 0 Å². The van der Waals surface area contributed by atoms with Gasteiger partial charge in [-0.25, -0.2) is 0 Å². The minimum atomic E-state index is -0.501. The number of nitrogens with two attached hydrogens (primary N) is 1. The van der Waals surface area contributed by atoms with Crippen molar-refractivity contribution < 1.29 is 4.79 Å². The van der Waals surface area contributed by atoms with E-state index >= 15 is 0 Å². The second kappa shape index (κ2) is 3.49. The summed E-state index contributed by atoms with van der Waals surface area (Å²) in [6.45, 7) is 1.86. The summed E-state index contributed by atoms with van der Waals surface area (Å²) < 4.78 is 0. The highest BCUT2D eigenvalue weighted by Gasteiger charge is 2.15. The Morgan fingerprint density at radius 1 is 1.47 bits per heavy atom. The maximum Gasteiger partial charge on any atom is 0.249 e. The van der Waals surface area contributed by atoms with E-state index in [0.29, 0.717) is 17.0 Å². The molecule has 1 heterocycles. The molecule has 2 rings (SSSR count). The number of amides is 1. The summed E-state index contributed by atoms with van der Waals surface area (Å²) in [5, 5.41) is 13.5. The van der Waals surface area contributed by atoms with Crippen LogP contribution in [0.15, 0.2) is 18.2 Å². The van der Waals surface area contributed by atoms with Crippen molar-refractivity contribution >= 4 is 5.91 Å². The number of tetrazole rings is 1. The number of carbonyl (C=O) groups is 1. The number of aryl methyl sites for hydroxylation is 1. The van der Waals surface area contributed by atoms with Crippen LogP contribution in [-0.4, -0.2) is 26.5 Å². The summed E-state index contributed by atoms with van der Waals surface area (Å²) in [7, 11) is 0. The average molecular weight is 203 g/mol. The summed E-state index contributed by atoms with van der Waals surface area (Å²) in [4.78, 5) is 11.2.